The van der Waals surface area contributed by atoms with E-state index in [0.717, 1.165) is 22.1 Å². The lowest BCUT2D eigenvalue weighted by Gasteiger charge is -2.32. The van der Waals surface area contributed by atoms with Gasteiger partial charge in [-0.2, -0.15) is 0 Å². The summed E-state index contributed by atoms with van der Waals surface area (Å²) in [6.07, 6.45) is 0. The molecule has 1 aliphatic heterocycles. The van der Waals surface area contributed by atoms with Gasteiger partial charge in [-0.15, -0.1) is 0 Å². The van der Waals surface area contributed by atoms with Crippen molar-refractivity contribution in [2.24, 2.45) is 0 Å². The van der Waals surface area contributed by atoms with Gasteiger partial charge in [0.05, 0.1) is 16.7 Å². The molecule has 2 heterocycles. The third-order valence-corrected chi connectivity index (χ3v) is 5.44. The van der Waals surface area contributed by atoms with Crippen LogP contribution in [0.1, 0.15) is 33.4 Å². The lowest BCUT2D eigenvalue weighted by molar-refractivity contribution is 0.00578. The van der Waals surface area contributed by atoms with Crippen molar-refractivity contribution in [2.45, 2.75) is 45.8 Å². The quantitative estimate of drug-likeness (QED) is 0.502. The topological polar surface area (TPSA) is 31.4 Å². The number of aromatic nitrogens is 1. The molecule has 0 saturated carbocycles. The maximum atomic E-state index is 6.20. The Hall–Kier alpha value is -1.91. The van der Waals surface area contributed by atoms with Crippen LogP contribution in [0, 0.1) is 6.92 Å². The van der Waals surface area contributed by atoms with Gasteiger partial charge < -0.3 is 9.31 Å². The summed E-state index contributed by atoms with van der Waals surface area (Å²) in [6, 6.07) is 14.7. The second-order valence-electron chi connectivity index (χ2n) is 7.61. The number of hydrogen-bond donors (Lipinski definition) is 0. The second kappa shape index (κ2) is 5.04. The van der Waals surface area contributed by atoms with E-state index in [1.54, 1.807) is 0 Å². The maximum absolute atomic E-state index is 6.20. The minimum absolute atomic E-state index is 0.331. The number of nitrogens with zero attached hydrogens (tertiary/aromatic N) is 1. The highest BCUT2D eigenvalue weighted by Crippen LogP contribution is 2.37. The molecule has 0 radical (unpaired) electrons. The third-order valence-electron chi connectivity index (χ3n) is 5.44. The molecule has 0 aliphatic carbocycles. The molecule has 0 spiro atoms. The number of aryl methyl sites for hydroxylation is 1. The molecule has 3 aromatic rings. The summed E-state index contributed by atoms with van der Waals surface area (Å²) in [4.78, 5) is 4.71. The highest BCUT2D eigenvalue weighted by molar-refractivity contribution is 6.62. The standard InChI is InChI=1S/C20H22BNO2/c1-13-15-11-10-14(21-23-19(2,3)20(4,5)24-21)12-17(15)16-8-6-7-9-18(16)22-13/h6-12H,1-5H3. The van der Waals surface area contributed by atoms with Crippen molar-refractivity contribution in [3.8, 4) is 0 Å². The Balaban J connectivity index is 1.89. The van der Waals surface area contributed by atoms with Gasteiger partial charge in [-0.05, 0) is 51.5 Å². The number of rotatable bonds is 1. The molecule has 1 fully saturated rings. The van der Waals surface area contributed by atoms with Gasteiger partial charge in [0.2, 0.25) is 0 Å². The molecule has 3 nitrogen and oxygen atoms in total. The Kier molecular flexibility index (Phi) is 3.28. The van der Waals surface area contributed by atoms with Crippen LogP contribution in [0.4, 0.5) is 0 Å². The summed E-state index contributed by atoms with van der Waals surface area (Å²) >= 11 is 0. The summed E-state index contributed by atoms with van der Waals surface area (Å²) in [7, 11) is -0.341. The molecule has 1 aliphatic rings. The van der Waals surface area contributed by atoms with Crippen molar-refractivity contribution in [3.63, 3.8) is 0 Å². The van der Waals surface area contributed by atoms with Crippen LogP contribution in [-0.2, 0) is 9.31 Å². The van der Waals surface area contributed by atoms with Crippen LogP contribution in [0.25, 0.3) is 21.7 Å². The first kappa shape index (κ1) is 15.6. The summed E-state index contributed by atoms with van der Waals surface area (Å²) in [5, 5.41) is 3.54. The monoisotopic (exact) mass is 319 g/mol. The number of para-hydroxylation sites is 1. The molecule has 1 aromatic heterocycles. The molecule has 4 rings (SSSR count). The van der Waals surface area contributed by atoms with Crippen molar-refractivity contribution in [2.75, 3.05) is 0 Å². The van der Waals surface area contributed by atoms with Gasteiger partial charge in [-0.1, -0.05) is 36.4 Å². The van der Waals surface area contributed by atoms with Gasteiger partial charge >= 0.3 is 7.12 Å². The van der Waals surface area contributed by atoms with Crippen molar-refractivity contribution < 1.29 is 9.31 Å². The molecule has 0 atom stereocenters. The average Bonchev–Trinajstić information content (AvgIpc) is 2.75. The summed E-state index contributed by atoms with van der Waals surface area (Å²) < 4.78 is 12.4. The Morgan fingerprint density at radius 2 is 1.50 bits per heavy atom. The second-order valence-corrected chi connectivity index (χ2v) is 7.61. The van der Waals surface area contributed by atoms with E-state index in [9.17, 15) is 0 Å². The van der Waals surface area contributed by atoms with Crippen molar-refractivity contribution in [1.29, 1.82) is 0 Å². The Labute approximate surface area is 143 Å². The molecule has 4 heteroatoms. The fourth-order valence-corrected chi connectivity index (χ4v) is 3.27. The van der Waals surface area contributed by atoms with Crippen LogP contribution in [0.2, 0.25) is 0 Å². The number of fused-ring (bicyclic) bond motifs is 3. The maximum Gasteiger partial charge on any atom is 0.494 e. The van der Waals surface area contributed by atoms with E-state index in [1.807, 2.05) is 6.07 Å². The molecule has 24 heavy (non-hydrogen) atoms. The molecular weight excluding hydrogens is 297 g/mol. The number of hydrogen-bond acceptors (Lipinski definition) is 3. The molecule has 122 valence electrons. The first-order valence-electron chi connectivity index (χ1n) is 8.43. The van der Waals surface area contributed by atoms with Gasteiger partial charge in [-0.3, -0.25) is 4.98 Å². The number of benzene rings is 2. The molecule has 0 bridgehead atoms. The zero-order chi connectivity index (χ0) is 17.1. The predicted octanol–water partition coefficient (Wildman–Crippen LogP) is 4.00. The summed E-state index contributed by atoms with van der Waals surface area (Å²) in [5.74, 6) is 0. The lowest BCUT2D eigenvalue weighted by atomic mass is 9.78. The van der Waals surface area contributed by atoms with E-state index in [4.69, 9.17) is 14.3 Å². The molecule has 0 amide bonds. The molecule has 0 N–H and O–H groups in total. The van der Waals surface area contributed by atoms with Crippen LogP contribution in [0.3, 0.4) is 0 Å². The van der Waals surface area contributed by atoms with Gasteiger partial charge in [-0.25, -0.2) is 0 Å². The van der Waals surface area contributed by atoms with Crippen LogP contribution < -0.4 is 5.46 Å². The third kappa shape index (κ3) is 2.25. The van der Waals surface area contributed by atoms with Gasteiger partial charge in [0, 0.05) is 16.5 Å². The zero-order valence-electron chi connectivity index (χ0n) is 14.9. The fourth-order valence-electron chi connectivity index (χ4n) is 3.27. The van der Waals surface area contributed by atoms with E-state index in [2.05, 4.69) is 71.0 Å². The Morgan fingerprint density at radius 3 is 2.21 bits per heavy atom. The van der Waals surface area contributed by atoms with Crippen LogP contribution >= 0.6 is 0 Å². The van der Waals surface area contributed by atoms with Crippen LogP contribution in [0.5, 0.6) is 0 Å². The minimum atomic E-state index is -0.341. The highest BCUT2D eigenvalue weighted by Gasteiger charge is 2.51. The first-order chi connectivity index (χ1) is 11.3. The lowest BCUT2D eigenvalue weighted by Crippen LogP contribution is -2.41. The smallest absolute Gasteiger partial charge is 0.399 e. The normalized spacial score (nSPS) is 19.3. The van der Waals surface area contributed by atoms with E-state index >= 15 is 0 Å². The first-order valence-corrected chi connectivity index (χ1v) is 8.43. The van der Waals surface area contributed by atoms with E-state index < -0.39 is 0 Å². The van der Waals surface area contributed by atoms with Crippen molar-refractivity contribution in [3.05, 3.63) is 48.2 Å². The van der Waals surface area contributed by atoms with Gasteiger partial charge in [0.15, 0.2) is 0 Å². The van der Waals surface area contributed by atoms with Gasteiger partial charge in [0.1, 0.15) is 0 Å². The van der Waals surface area contributed by atoms with Crippen molar-refractivity contribution >= 4 is 34.3 Å². The minimum Gasteiger partial charge on any atom is -0.399 e. The van der Waals surface area contributed by atoms with Crippen LogP contribution in [-0.4, -0.2) is 23.3 Å². The van der Waals surface area contributed by atoms with E-state index in [0.29, 0.717) is 0 Å². The largest absolute Gasteiger partial charge is 0.494 e. The summed E-state index contributed by atoms with van der Waals surface area (Å²) in [5.41, 5.74) is 2.46. The van der Waals surface area contributed by atoms with E-state index in [1.165, 1.54) is 10.8 Å². The average molecular weight is 319 g/mol. The van der Waals surface area contributed by atoms with E-state index in [-0.39, 0.29) is 18.3 Å². The Bertz CT molecular complexity index is 933. The molecule has 0 unspecified atom stereocenters. The highest BCUT2D eigenvalue weighted by atomic mass is 16.7. The molecular formula is C20H22BNO2. The molecule has 2 aromatic carbocycles. The summed E-state index contributed by atoms with van der Waals surface area (Å²) in [6.45, 7) is 10.4. The Morgan fingerprint density at radius 1 is 0.833 bits per heavy atom. The van der Waals surface area contributed by atoms with Crippen LogP contribution in [0.15, 0.2) is 42.5 Å². The van der Waals surface area contributed by atoms with Crippen molar-refractivity contribution in [1.82, 2.24) is 4.98 Å². The number of pyridine rings is 1. The SMILES string of the molecule is Cc1nc2ccccc2c2cc(B3OC(C)(C)C(C)(C)O3)ccc12. The predicted molar refractivity (Wildman–Crippen MR) is 99.7 cm³/mol. The zero-order valence-corrected chi connectivity index (χ0v) is 14.9. The van der Waals surface area contributed by atoms with Gasteiger partial charge in [0.25, 0.3) is 0 Å². The fraction of sp³-hybridized carbons (Fsp3) is 0.350. The molecule has 1 saturated heterocycles.